The minimum Gasteiger partial charge on any atom is -0.504 e. The van der Waals surface area contributed by atoms with Crippen molar-refractivity contribution >= 4 is 11.6 Å². The van der Waals surface area contributed by atoms with E-state index >= 15 is 0 Å². The van der Waals surface area contributed by atoms with Gasteiger partial charge in [0.05, 0.1) is 7.11 Å². The Morgan fingerprint density at radius 3 is 2.60 bits per heavy atom. The highest BCUT2D eigenvalue weighted by molar-refractivity contribution is 6.23. The maximum absolute atomic E-state index is 11.5. The van der Waals surface area contributed by atoms with Crippen LogP contribution in [0, 0.1) is 0 Å². The zero-order valence-electron chi connectivity index (χ0n) is 7.98. The first-order valence-electron chi connectivity index (χ1n) is 4.31. The number of carbonyl (C=O) groups excluding carboxylic acids is 2. The molecule has 0 bridgehead atoms. The van der Waals surface area contributed by atoms with Gasteiger partial charge in [-0.15, -0.1) is 0 Å². The molecule has 4 heteroatoms. The summed E-state index contributed by atoms with van der Waals surface area (Å²) in [7, 11) is 1.46. The molecule has 0 heterocycles. The summed E-state index contributed by atoms with van der Waals surface area (Å²) in [5, 5.41) is 9.21. The number of benzene rings is 1. The summed E-state index contributed by atoms with van der Waals surface area (Å²) in [6, 6.07) is 4.55. The first-order valence-corrected chi connectivity index (χ1v) is 4.31. The summed E-state index contributed by atoms with van der Waals surface area (Å²) in [5.74, 6) is -0.974. The molecular formula is C11H8O4. The van der Waals surface area contributed by atoms with E-state index in [4.69, 9.17) is 4.74 Å². The van der Waals surface area contributed by atoms with Crippen LogP contribution in [0.4, 0.5) is 0 Å². The van der Waals surface area contributed by atoms with Gasteiger partial charge in [0.2, 0.25) is 5.78 Å². The molecule has 1 aromatic rings. The molecule has 0 atom stereocenters. The minimum atomic E-state index is -0.552. The number of Topliss-reactive ketones (excluding diaryl/α,β-unsaturated/α-hetero) is 1. The van der Waals surface area contributed by atoms with Crippen LogP contribution in [0.2, 0.25) is 0 Å². The van der Waals surface area contributed by atoms with Crippen molar-refractivity contribution in [2.45, 2.75) is 0 Å². The smallest absolute Gasteiger partial charge is 0.228 e. The molecular weight excluding hydrogens is 196 g/mol. The van der Waals surface area contributed by atoms with Crippen molar-refractivity contribution in [3.05, 3.63) is 41.2 Å². The molecule has 0 unspecified atom stereocenters. The fraction of sp³-hybridized carbons (Fsp3) is 0.0909. The van der Waals surface area contributed by atoms with Crippen molar-refractivity contribution in [1.29, 1.82) is 0 Å². The zero-order chi connectivity index (χ0) is 11.0. The average molecular weight is 204 g/mol. The molecule has 4 nitrogen and oxygen atoms in total. The van der Waals surface area contributed by atoms with Crippen LogP contribution in [0.3, 0.4) is 0 Å². The minimum absolute atomic E-state index is 0.180. The Morgan fingerprint density at radius 1 is 1.20 bits per heavy atom. The Morgan fingerprint density at radius 2 is 1.93 bits per heavy atom. The van der Waals surface area contributed by atoms with Crippen LogP contribution in [0.15, 0.2) is 30.0 Å². The largest absolute Gasteiger partial charge is 0.504 e. The van der Waals surface area contributed by atoms with Crippen molar-refractivity contribution in [2.75, 3.05) is 7.11 Å². The highest BCUT2D eigenvalue weighted by Crippen LogP contribution is 2.24. The molecule has 15 heavy (non-hydrogen) atoms. The summed E-state index contributed by atoms with van der Waals surface area (Å²) < 4.78 is 4.93. The molecule has 1 aliphatic rings. The van der Waals surface area contributed by atoms with E-state index in [-0.39, 0.29) is 11.3 Å². The second-order valence-corrected chi connectivity index (χ2v) is 3.13. The van der Waals surface area contributed by atoms with Crippen LogP contribution in [-0.4, -0.2) is 23.8 Å². The number of aliphatic hydroxyl groups is 1. The lowest BCUT2D eigenvalue weighted by molar-refractivity contribution is 0.0939. The lowest BCUT2D eigenvalue weighted by Crippen LogP contribution is -2.16. The monoisotopic (exact) mass is 204 g/mol. The Balaban J connectivity index is 2.62. The van der Waals surface area contributed by atoms with Crippen LogP contribution in [0.1, 0.15) is 20.7 Å². The molecule has 2 rings (SSSR count). The number of allylic oxidation sites excluding steroid dienone is 2. The Bertz CT molecular complexity index is 485. The Kier molecular flexibility index (Phi) is 2.04. The lowest BCUT2D eigenvalue weighted by Gasteiger charge is -2.12. The third-order valence-electron chi connectivity index (χ3n) is 2.24. The number of ether oxygens (including phenoxy) is 1. The Hall–Kier alpha value is -2.10. The normalized spacial score (nSPS) is 14.6. The molecule has 0 saturated carbocycles. The highest BCUT2D eigenvalue weighted by atomic mass is 16.5. The zero-order valence-corrected chi connectivity index (χ0v) is 7.98. The first-order chi connectivity index (χ1) is 7.13. The van der Waals surface area contributed by atoms with Crippen LogP contribution in [0.25, 0.3) is 0 Å². The van der Waals surface area contributed by atoms with Crippen LogP contribution in [-0.2, 0) is 0 Å². The average Bonchev–Trinajstić information content (AvgIpc) is 2.25. The maximum atomic E-state index is 11.5. The number of ketones is 2. The lowest BCUT2D eigenvalue weighted by atomic mass is 9.93. The summed E-state index contributed by atoms with van der Waals surface area (Å²) in [4.78, 5) is 22.9. The fourth-order valence-electron chi connectivity index (χ4n) is 1.46. The van der Waals surface area contributed by atoms with Gasteiger partial charge in [-0.2, -0.15) is 0 Å². The predicted octanol–water partition coefficient (Wildman–Crippen LogP) is 1.52. The molecule has 0 aliphatic heterocycles. The van der Waals surface area contributed by atoms with Crippen molar-refractivity contribution in [3.8, 4) is 5.75 Å². The maximum Gasteiger partial charge on any atom is 0.228 e. The van der Waals surface area contributed by atoms with Gasteiger partial charge < -0.3 is 9.84 Å². The SMILES string of the molecule is COc1ccc2c(c1)C(=O)C(O)=CC2=O. The second-order valence-electron chi connectivity index (χ2n) is 3.13. The summed E-state index contributed by atoms with van der Waals surface area (Å²) in [5.41, 5.74) is 0.470. The molecule has 0 saturated heterocycles. The van der Waals surface area contributed by atoms with Crippen molar-refractivity contribution in [3.63, 3.8) is 0 Å². The van der Waals surface area contributed by atoms with Crippen molar-refractivity contribution in [1.82, 2.24) is 0 Å². The molecule has 1 N–H and O–H groups in total. The summed E-state index contributed by atoms with van der Waals surface area (Å²) in [6.07, 6.45) is 0.928. The van der Waals surface area contributed by atoms with Crippen LogP contribution in [0.5, 0.6) is 5.75 Å². The van der Waals surface area contributed by atoms with E-state index in [0.717, 1.165) is 6.08 Å². The van der Waals surface area contributed by atoms with E-state index < -0.39 is 11.5 Å². The van der Waals surface area contributed by atoms with Gasteiger partial charge in [-0.05, 0) is 18.2 Å². The van der Waals surface area contributed by atoms with Crippen molar-refractivity contribution < 1.29 is 19.4 Å². The highest BCUT2D eigenvalue weighted by Gasteiger charge is 2.25. The van der Waals surface area contributed by atoms with Gasteiger partial charge in [0.15, 0.2) is 11.5 Å². The number of hydrogen-bond donors (Lipinski definition) is 1. The predicted molar refractivity (Wildman–Crippen MR) is 52.4 cm³/mol. The molecule has 0 amide bonds. The van der Waals surface area contributed by atoms with E-state index in [1.54, 1.807) is 6.07 Å². The van der Waals surface area contributed by atoms with Gasteiger partial charge in [0.25, 0.3) is 0 Å². The number of fused-ring (bicyclic) bond motifs is 1. The van der Waals surface area contributed by atoms with Gasteiger partial charge in [0, 0.05) is 17.2 Å². The number of methoxy groups -OCH3 is 1. The molecule has 0 aromatic heterocycles. The van der Waals surface area contributed by atoms with E-state index in [0.29, 0.717) is 11.3 Å². The van der Waals surface area contributed by atoms with Gasteiger partial charge in [0.1, 0.15) is 5.75 Å². The topological polar surface area (TPSA) is 63.6 Å². The van der Waals surface area contributed by atoms with Crippen molar-refractivity contribution in [2.24, 2.45) is 0 Å². The fourth-order valence-corrected chi connectivity index (χ4v) is 1.46. The van der Waals surface area contributed by atoms with E-state index in [1.807, 2.05) is 0 Å². The molecule has 1 aromatic carbocycles. The summed E-state index contributed by atoms with van der Waals surface area (Å²) in [6.45, 7) is 0. The molecule has 76 valence electrons. The van der Waals surface area contributed by atoms with E-state index in [9.17, 15) is 14.7 Å². The summed E-state index contributed by atoms with van der Waals surface area (Å²) >= 11 is 0. The molecule has 0 radical (unpaired) electrons. The standard InChI is InChI=1S/C11H8O4/c1-15-6-2-3-7-8(4-6)11(14)10(13)5-9(7)12/h2-5,13H,1H3. The molecule has 0 spiro atoms. The number of aliphatic hydroxyl groups excluding tert-OH is 1. The van der Waals surface area contributed by atoms with E-state index in [2.05, 4.69) is 0 Å². The third-order valence-corrected chi connectivity index (χ3v) is 2.24. The van der Waals surface area contributed by atoms with Gasteiger partial charge in [-0.3, -0.25) is 9.59 Å². The first kappa shape index (κ1) is 9.45. The molecule has 1 aliphatic carbocycles. The Labute approximate surface area is 85.8 Å². The van der Waals surface area contributed by atoms with Gasteiger partial charge in [-0.25, -0.2) is 0 Å². The van der Waals surface area contributed by atoms with Gasteiger partial charge in [-0.1, -0.05) is 0 Å². The van der Waals surface area contributed by atoms with Crippen LogP contribution >= 0.6 is 0 Å². The number of rotatable bonds is 1. The van der Waals surface area contributed by atoms with Crippen LogP contribution < -0.4 is 4.74 Å². The molecule has 0 fully saturated rings. The quantitative estimate of drug-likeness (QED) is 0.753. The van der Waals surface area contributed by atoms with E-state index in [1.165, 1.54) is 19.2 Å². The number of carbonyl (C=O) groups is 2. The third kappa shape index (κ3) is 1.40. The second kappa shape index (κ2) is 3.24. The van der Waals surface area contributed by atoms with Gasteiger partial charge >= 0.3 is 0 Å². The number of hydrogen-bond acceptors (Lipinski definition) is 4.